The monoisotopic (exact) mass is 464 g/mol. The van der Waals surface area contributed by atoms with Gasteiger partial charge in [-0.05, 0) is 31.0 Å². The van der Waals surface area contributed by atoms with Crippen LogP contribution in [0.2, 0.25) is 5.02 Å². The van der Waals surface area contributed by atoms with Gasteiger partial charge in [0.1, 0.15) is 0 Å². The van der Waals surface area contributed by atoms with E-state index in [-0.39, 0.29) is 35.9 Å². The molecule has 1 aromatic rings. The lowest BCUT2D eigenvalue weighted by Crippen LogP contribution is -2.45. The number of benzene rings is 1. The van der Waals surface area contributed by atoms with Crippen LogP contribution in [0.5, 0.6) is 0 Å². The summed E-state index contributed by atoms with van der Waals surface area (Å²) in [7, 11) is 0. The summed E-state index contributed by atoms with van der Waals surface area (Å²) < 4.78 is 0. The van der Waals surface area contributed by atoms with Crippen LogP contribution in [0.3, 0.4) is 0 Å². The summed E-state index contributed by atoms with van der Waals surface area (Å²) in [5.74, 6) is 1.01. The normalized spacial score (nSPS) is 17.4. The summed E-state index contributed by atoms with van der Waals surface area (Å²) in [6.45, 7) is 6.91. The fraction of sp³-hybridized carbons (Fsp3) is 0.529. The van der Waals surface area contributed by atoms with Gasteiger partial charge in [-0.2, -0.15) is 0 Å². The van der Waals surface area contributed by atoms with Crippen LogP contribution in [-0.4, -0.2) is 42.4 Å². The Balaban J connectivity index is 0.00000288. The van der Waals surface area contributed by atoms with Crippen molar-refractivity contribution >= 4 is 47.4 Å². The van der Waals surface area contributed by atoms with Gasteiger partial charge in [0, 0.05) is 37.1 Å². The van der Waals surface area contributed by atoms with Crippen LogP contribution in [0.4, 0.5) is 0 Å². The predicted octanol–water partition coefficient (Wildman–Crippen LogP) is 3.02. The van der Waals surface area contributed by atoms with Crippen LogP contribution in [0.1, 0.15) is 32.3 Å². The molecule has 0 aliphatic carbocycles. The van der Waals surface area contributed by atoms with Gasteiger partial charge in [-0.3, -0.25) is 4.79 Å². The fourth-order valence-electron chi connectivity index (χ4n) is 2.60. The zero-order chi connectivity index (χ0) is 16.7. The van der Waals surface area contributed by atoms with Crippen LogP contribution in [0.25, 0.3) is 0 Å². The van der Waals surface area contributed by atoms with Crippen molar-refractivity contribution in [3.8, 4) is 0 Å². The number of guanidine groups is 1. The molecule has 1 aliphatic heterocycles. The lowest BCUT2D eigenvalue weighted by molar-refractivity contribution is -0.129. The standard InChI is InChI=1S/C17H25ClN4O.HI/c1-3-16(23)22-10-9-15(12-22)21-17(19-4-2)20-11-13-5-7-14(18)8-6-13;/h5-8,15H,3-4,9-12H2,1-2H3,(H2,19,20,21);1H. The van der Waals surface area contributed by atoms with Gasteiger partial charge in [-0.15, -0.1) is 24.0 Å². The maximum atomic E-state index is 11.8. The molecule has 7 heteroatoms. The number of carbonyl (C=O) groups is 1. The molecule has 24 heavy (non-hydrogen) atoms. The minimum Gasteiger partial charge on any atom is -0.357 e. The number of aliphatic imine (C=N–C) groups is 1. The lowest BCUT2D eigenvalue weighted by atomic mass is 10.2. The third-order valence-electron chi connectivity index (χ3n) is 3.86. The number of amides is 1. The smallest absolute Gasteiger partial charge is 0.222 e. The highest BCUT2D eigenvalue weighted by Gasteiger charge is 2.25. The molecule has 0 spiro atoms. The van der Waals surface area contributed by atoms with Gasteiger partial charge in [0.25, 0.3) is 0 Å². The second kappa shape index (κ2) is 10.8. The Morgan fingerprint density at radius 2 is 2.04 bits per heavy atom. The number of hydrogen-bond donors (Lipinski definition) is 2. The van der Waals surface area contributed by atoms with E-state index in [1.165, 1.54) is 0 Å². The van der Waals surface area contributed by atoms with Crippen LogP contribution >= 0.6 is 35.6 Å². The van der Waals surface area contributed by atoms with E-state index >= 15 is 0 Å². The van der Waals surface area contributed by atoms with Gasteiger partial charge in [0.15, 0.2) is 5.96 Å². The van der Waals surface area contributed by atoms with Gasteiger partial charge in [0.05, 0.1) is 6.54 Å². The van der Waals surface area contributed by atoms with E-state index in [4.69, 9.17) is 11.6 Å². The minimum atomic E-state index is 0. The van der Waals surface area contributed by atoms with E-state index < -0.39 is 0 Å². The summed E-state index contributed by atoms with van der Waals surface area (Å²) in [5, 5.41) is 7.42. The first kappa shape index (κ1) is 21.0. The summed E-state index contributed by atoms with van der Waals surface area (Å²) in [4.78, 5) is 18.3. The molecule has 1 heterocycles. The van der Waals surface area contributed by atoms with Crippen molar-refractivity contribution in [2.24, 2.45) is 4.99 Å². The van der Waals surface area contributed by atoms with Gasteiger partial charge >= 0.3 is 0 Å². The fourth-order valence-corrected chi connectivity index (χ4v) is 2.73. The number of nitrogens with zero attached hydrogens (tertiary/aromatic N) is 2. The third-order valence-corrected chi connectivity index (χ3v) is 4.11. The molecule has 1 fully saturated rings. The van der Waals surface area contributed by atoms with Crippen molar-refractivity contribution in [3.63, 3.8) is 0 Å². The number of carbonyl (C=O) groups excluding carboxylic acids is 1. The molecule has 1 saturated heterocycles. The van der Waals surface area contributed by atoms with Gasteiger partial charge < -0.3 is 15.5 Å². The molecule has 1 amide bonds. The Morgan fingerprint density at radius 3 is 2.67 bits per heavy atom. The molecule has 2 rings (SSSR count). The van der Waals surface area contributed by atoms with Gasteiger partial charge in [-0.1, -0.05) is 30.7 Å². The summed E-state index contributed by atoms with van der Waals surface area (Å²) >= 11 is 5.90. The highest BCUT2D eigenvalue weighted by atomic mass is 127. The number of nitrogens with one attached hydrogen (secondary N) is 2. The molecule has 134 valence electrons. The second-order valence-electron chi connectivity index (χ2n) is 5.64. The molecule has 5 nitrogen and oxygen atoms in total. The molecular weight excluding hydrogens is 439 g/mol. The van der Waals surface area contributed by atoms with E-state index in [0.717, 1.165) is 42.6 Å². The summed E-state index contributed by atoms with van der Waals surface area (Å²) in [6.07, 6.45) is 1.52. The van der Waals surface area contributed by atoms with Crippen molar-refractivity contribution in [3.05, 3.63) is 34.9 Å². The second-order valence-corrected chi connectivity index (χ2v) is 6.08. The SMILES string of the molecule is CCNC(=NCc1ccc(Cl)cc1)NC1CCN(C(=O)CC)C1.I. The van der Waals surface area contributed by atoms with Gasteiger partial charge in [-0.25, -0.2) is 4.99 Å². The number of likely N-dealkylation sites (tertiary alicyclic amines) is 1. The van der Waals surface area contributed by atoms with E-state index in [1.807, 2.05) is 43.0 Å². The van der Waals surface area contributed by atoms with Crippen LogP contribution in [0, 0.1) is 0 Å². The zero-order valence-electron chi connectivity index (χ0n) is 14.2. The zero-order valence-corrected chi connectivity index (χ0v) is 17.3. The molecule has 1 unspecified atom stereocenters. The first-order chi connectivity index (χ1) is 11.1. The summed E-state index contributed by atoms with van der Waals surface area (Å²) in [6, 6.07) is 7.96. The molecule has 1 aliphatic rings. The van der Waals surface area contributed by atoms with E-state index in [0.29, 0.717) is 13.0 Å². The maximum Gasteiger partial charge on any atom is 0.222 e. The van der Waals surface area contributed by atoms with Crippen molar-refractivity contribution in [1.29, 1.82) is 0 Å². The number of hydrogen-bond acceptors (Lipinski definition) is 2. The Labute approximate surface area is 166 Å². The van der Waals surface area contributed by atoms with E-state index in [9.17, 15) is 4.79 Å². The first-order valence-corrected chi connectivity index (χ1v) is 8.57. The summed E-state index contributed by atoms with van der Waals surface area (Å²) in [5.41, 5.74) is 1.11. The van der Waals surface area contributed by atoms with Crippen LogP contribution in [-0.2, 0) is 11.3 Å². The van der Waals surface area contributed by atoms with E-state index in [1.54, 1.807) is 0 Å². The van der Waals surface area contributed by atoms with Gasteiger partial charge in [0.2, 0.25) is 5.91 Å². The van der Waals surface area contributed by atoms with Crippen LogP contribution in [0.15, 0.2) is 29.3 Å². The number of halogens is 2. The Kier molecular flexibility index (Phi) is 9.43. The topological polar surface area (TPSA) is 56.7 Å². The minimum absolute atomic E-state index is 0. The van der Waals surface area contributed by atoms with Crippen molar-refractivity contribution in [1.82, 2.24) is 15.5 Å². The highest BCUT2D eigenvalue weighted by Crippen LogP contribution is 2.12. The number of rotatable bonds is 5. The molecule has 1 atom stereocenters. The Bertz CT molecular complexity index is 550. The molecule has 0 aromatic heterocycles. The Morgan fingerprint density at radius 1 is 1.33 bits per heavy atom. The van der Waals surface area contributed by atoms with E-state index in [2.05, 4.69) is 15.6 Å². The van der Waals surface area contributed by atoms with Crippen molar-refractivity contribution in [2.75, 3.05) is 19.6 Å². The molecule has 0 saturated carbocycles. The average molecular weight is 465 g/mol. The highest BCUT2D eigenvalue weighted by molar-refractivity contribution is 14.0. The first-order valence-electron chi connectivity index (χ1n) is 8.19. The molecule has 2 N–H and O–H groups in total. The molecule has 0 radical (unpaired) electrons. The quantitative estimate of drug-likeness (QED) is 0.400. The van der Waals surface area contributed by atoms with Crippen molar-refractivity contribution < 1.29 is 4.79 Å². The lowest BCUT2D eigenvalue weighted by Gasteiger charge is -2.18. The predicted molar refractivity (Wildman–Crippen MR) is 110 cm³/mol. The third kappa shape index (κ3) is 6.47. The average Bonchev–Trinajstić information content (AvgIpc) is 3.02. The molecule has 0 bridgehead atoms. The Hall–Kier alpha value is -1.02. The largest absolute Gasteiger partial charge is 0.357 e. The van der Waals surface area contributed by atoms with Crippen LogP contribution < -0.4 is 10.6 Å². The van der Waals surface area contributed by atoms with Crippen molar-refractivity contribution in [2.45, 2.75) is 39.3 Å². The molecule has 1 aromatic carbocycles. The maximum absolute atomic E-state index is 11.8. The molecular formula is C17H26ClIN4O.